The highest BCUT2D eigenvalue weighted by molar-refractivity contribution is 5.82. The number of fused-ring (bicyclic) bond motifs is 1. The molecule has 2 aliphatic heterocycles. The van der Waals surface area contributed by atoms with Gasteiger partial charge in [0.25, 0.3) is 0 Å². The molecule has 5 nitrogen and oxygen atoms in total. The molecular weight excluding hydrogens is 254 g/mol. The van der Waals surface area contributed by atoms with Gasteiger partial charge in [-0.25, -0.2) is 0 Å². The van der Waals surface area contributed by atoms with E-state index in [0.717, 1.165) is 49.5 Å². The number of hydrogen-bond donors (Lipinski definition) is 2. The Morgan fingerprint density at radius 2 is 2.35 bits per heavy atom. The molecular formula is C15H21N3O2. The van der Waals surface area contributed by atoms with Crippen molar-refractivity contribution >= 4 is 11.6 Å². The molecule has 2 atom stereocenters. The van der Waals surface area contributed by atoms with E-state index in [1.54, 1.807) is 7.11 Å². The number of carbonyl (C=O) groups is 1. The molecule has 2 heterocycles. The molecule has 3 rings (SSSR count). The first-order valence-corrected chi connectivity index (χ1v) is 7.13. The molecule has 5 heteroatoms. The summed E-state index contributed by atoms with van der Waals surface area (Å²) in [5.74, 6) is 1.22. The van der Waals surface area contributed by atoms with Gasteiger partial charge < -0.3 is 15.8 Å². The van der Waals surface area contributed by atoms with Gasteiger partial charge in [0, 0.05) is 30.4 Å². The first-order valence-electron chi connectivity index (χ1n) is 7.13. The average Bonchev–Trinajstić information content (AvgIpc) is 2.82. The van der Waals surface area contributed by atoms with E-state index < -0.39 is 0 Å². The van der Waals surface area contributed by atoms with Crippen molar-refractivity contribution in [2.75, 3.05) is 25.9 Å². The topological polar surface area (TPSA) is 67.6 Å². The molecule has 3 N–H and O–H groups in total. The van der Waals surface area contributed by atoms with Crippen LogP contribution < -0.4 is 15.8 Å². The van der Waals surface area contributed by atoms with Gasteiger partial charge in [0.2, 0.25) is 5.91 Å². The Morgan fingerprint density at radius 1 is 1.50 bits per heavy atom. The van der Waals surface area contributed by atoms with E-state index in [2.05, 4.69) is 10.2 Å². The lowest BCUT2D eigenvalue weighted by Gasteiger charge is -2.36. The van der Waals surface area contributed by atoms with Crippen LogP contribution in [0.15, 0.2) is 18.2 Å². The van der Waals surface area contributed by atoms with Crippen molar-refractivity contribution in [2.45, 2.75) is 25.4 Å². The molecule has 1 aromatic carbocycles. The zero-order chi connectivity index (χ0) is 14.1. The van der Waals surface area contributed by atoms with Gasteiger partial charge in [0.1, 0.15) is 5.75 Å². The summed E-state index contributed by atoms with van der Waals surface area (Å²) in [5, 5.41) is 2.98. The van der Waals surface area contributed by atoms with E-state index >= 15 is 0 Å². The van der Waals surface area contributed by atoms with Crippen LogP contribution in [-0.2, 0) is 11.3 Å². The first-order chi connectivity index (χ1) is 9.69. The van der Waals surface area contributed by atoms with Crippen molar-refractivity contribution in [1.29, 1.82) is 0 Å². The Kier molecular flexibility index (Phi) is 3.53. The lowest BCUT2D eigenvalue weighted by atomic mass is 9.91. The molecule has 1 amide bonds. The van der Waals surface area contributed by atoms with Gasteiger partial charge in [-0.1, -0.05) is 0 Å². The smallest absolute Gasteiger partial charge is 0.224 e. The summed E-state index contributed by atoms with van der Waals surface area (Å²) in [6, 6.07) is 6.03. The van der Waals surface area contributed by atoms with Gasteiger partial charge in [0.05, 0.1) is 13.0 Å². The second-order valence-corrected chi connectivity index (χ2v) is 5.60. The number of ether oxygens (including phenoxy) is 1. The molecule has 0 aliphatic carbocycles. The van der Waals surface area contributed by atoms with E-state index in [9.17, 15) is 4.79 Å². The van der Waals surface area contributed by atoms with Crippen LogP contribution in [0.5, 0.6) is 5.75 Å². The second-order valence-electron chi connectivity index (χ2n) is 5.60. The standard InChI is InChI=1S/C15H21N3O2/c1-20-14-5-4-11(16)7-10(14)9-18-6-2-3-12-13(18)8-17-15(12)19/h4-5,7,12-13H,2-3,6,8-9,16H2,1H3,(H,17,19). The lowest BCUT2D eigenvalue weighted by molar-refractivity contribution is -0.124. The normalized spacial score (nSPS) is 26.1. The number of hydrogen-bond acceptors (Lipinski definition) is 4. The van der Waals surface area contributed by atoms with E-state index in [0.29, 0.717) is 6.04 Å². The summed E-state index contributed by atoms with van der Waals surface area (Å²) >= 11 is 0. The number of piperidine rings is 1. The van der Waals surface area contributed by atoms with Gasteiger partial charge in [0.15, 0.2) is 0 Å². The third-order valence-corrected chi connectivity index (χ3v) is 4.39. The molecule has 108 valence electrons. The monoisotopic (exact) mass is 275 g/mol. The summed E-state index contributed by atoms with van der Waals surface area (Å²) in [4.78, 5) is 14.2. The molecule has 2 saturated heterocycles. The molecule has 0 radical (unpaired) electrons. The third-order valence-electron chi connectivity index (χ3n) is 4.39. The van der Waals surface area contributed by atoms with Gasteiger partial charge in [-0.2, -0.15) is 0 Å². The summed E-state index contributed by atoms with van der Waals surface area (Å²) in [6.45, 7) is 2.56. The largest absolute Gasteiger partial charge is 0.496 e. The van der Waals surface area contributed by atoms with Crippen LogP contribution in [0.2, 0.25) is 0 Å². The number of methoxy groups -OCH3 is 1. The number of nitrogen functional groups attached to an aromatic ring is 1. The lowest BCUT2D eigenvalue weighted by Crippen LogP contribution is -2.44. The number of amides is 1. The molecule has 0 saturated carbocycles. The Hall–Kier alpha value is -1.75. The molecule has 0 aromatic heterocycles. The zero-order valence-corrected chi connectivity index (χ0v) is 11.8. The van der Waals surface area contributed by atoms with Crippen molar-refractivity contribution in [3.63, 3.8) is 0 Å². The Labute approximate surface area is 119 Å². The number of rotatable bonds is 3. The van der Waals surface area contributed by atoms with E-state index in [-0.39, 0.29) is 11.8 Å². The summed E-state index contributed by atoms with van der Waals surface area (Å²) in [7, 11) is 1.68. The number of nitrogens with two attached hydrogens (primary N) is 1. The molecule has 1 aromatic rings. The fourth-order valence-corrected chi connectivity index (χ4v) is 3.38. The van der Waals surface area contributed by atoms with Gasteiger partial charge in [-0.3, -0.25) is 9.69 Å². The number of nitrogens with zero attached hydrogens (tertiary/aromatic N) is 1. The van der Waals surface area contributed by atoms with Crippen LogP contribution in [0.25, 0.3) is 0 Å². The minimum Gasteiger partial charge on any atom is -0.496 e. The van der Waals surface area contributed by atoms with Crippen LogP contribution in [0.3, 0.4) is 0 Å². The number of benzene rings is 1. The van der Waals surface area contributed by atoms with Crippen LogP contribution >= 0.6 is 0 Å². The second kappa shape index (κ2) is 5.32. The first kappa shape index (κ1) is 13.2. The van der Waals surface area contributed by atoms with Crippen molar-refractivity contribution in [2.24, 2.45) is 5.92 Å². The molecule has 20 heavy (non-hydrogen) atoms. The fourth-order valence-electron chi connectivity index (χ4n) is 3.38. The Balaban J connectivity index is 1.80. The molecule has 2 unspecified atom stereocenters. The third kappa shape index (κ3) is 2.33. The predicted octanol–water partition coefficient (Wildman–Crippen LogP) is 0.988. The number of nitrogens with one attached hydrogen (secondary N) is 1. The van der Waals surface area contributed by atoms with Crippen molar-refractivity contribution in [3.8, 4) is 5.75 Å². The van der Waals surface area contributed by atoms with Crippen LogP contribution in [-0.4, -0.2) is 37.0 Å². The summed E-state index contributed by atoms with van der Waals surface area (Å²) in [6.07, 6.45) is 2.07. The van der Waals surface area contributed by atoms with E-state index in [1.165, 1.54) is 0 Å². The molecule has 0 bridgehead atoms. The van der Waals surface area contributed by atoms with Gasteiger partial charge in [-0.15, -0.1) is 0 Å². The number of carbonyl (C=O) groups excluding carboxylic acids is 1. The molecule has 2 aliphatic rings. The minimum atomic E-state index is 0.149. The quantitative estimate of drug-likeness (QED) is 0.807. The highest BCUT2D eigenvalue weighted by Gasteiger charge is 2.40. The SMILES string of the molecule is COc1ccc(N)cc1CN1CCCC2C(=O)NCC21. The maximum atomic E-state index is 11.8. The van der Waals surface area contributed by atoms with Crippen LogP contribution in [0, 0.1) is 5.92 Å². The molecule has 2 fully saturated rings. The maximum absolute atomic E-state index is 11.8. The van der Waals surface area contributed by atoms with Crippen molar-refractivity contribution in [1.82, 2.24) is 10.2 Å². The average molecular weight is 275 g/mol. The van der Waals surface area contributed by atoms with Crippen LogP contribution in [0.1, 0.15) is 18.4 Å². The van der Waals surface area contributed by atoms with Crippen molar-refractivity contribution < 1.29 is 9.53 Å². The zero-order valence-electron chi connectivity index (χ0n) is 11.8. The van der Waals surface area contributed by atoms with Crippen molar-refractivity contribution in [3.05, 3.63) is 23.8 Å². The van der Waals surface area contributed by atoms with Gasteiger partial charge >= 0.3 is 0 Å². The highest BCUT2D eigenvalue weighted by Crippen LogP contribution is 2.31. The minimum absolute atomic E-state index is 0.149. The van der Waals surface area contributed by atoms with E-state index in [1.807, 2.05) is 18.2 Å². The Morgan fingerprint density at radius 3 is 3.15 bits per heavy atom. The highest BCUT2D eigenvalue weighted by atomic mass is 16.5. The summed E-state index contributed by atoms with van der Waals surface area (Å²) < 4.78 is 5.41. The Bertz CT molecular complexity index is 518. The maximum Gasteiger partial charge on any atom is 0.224 e. The summed E-state index contributed by atoms with van der Waals surface area (Å²) in [5.41, 5.74) is 7.71. The number of likely N-dealkylation sites (tertiary alicyclic amines) is 1. The van der Waals surface area contributed by atoms with Gasteiger partial charge in [-0.05, 0) is 37.6 Å². The van der Waals surface area contributed by atoms with Crippen LogP contribution in [0.4, 0.5) is 5.69 Å². The molecule has 0 spiro atoms. The predicted molar refractivity (Wildman–Crippen MR) is 77.3 cm³/mol. The van der Waals surface area contributed by atoms with E-state index in [4.69, 9.17) is 10.5 Å². The number of anilines is 1. The fraction of sp³-hybridized carbons (Fsp3) is 0.533.